The van der Waals surface area contributed by atoms with Crippen molar-refractivity contribution >= 4 is 23.2 Å². The number of hydrogen-bond donors (Lipinski definition) is 1. The fraction of sp³-hybridized carbons (Fsp3) is 0.222. The molecule has 0 unspecified atom stereocenters. The summed E-state index contributed by atoms with van der Waals surface area (Å²) in [5.74, 6) is 1.51. The first-order chi connectivity index (χ1) is 12.5. The van der Waals surface area contributed by atoms with Gasteiger partial charge in [-0.1, -0.05) is 16.8 Å². The van der Waals surface area contributed by atoms with Gasteiger partial charge in [0.25, 0.3) is 0 Å². The number of amides is 1. The standard InChI is InChI=1S/C18H18ClN3O4/c1-22(10-13-9-17(26-21-13)16-4-3-7-25-16)11-18(23)20-14-8-12(19)5-6-15(14)24-2/h3-9H,10-11H2,1-2H3,(H,20,23). The van der Waals surface area contributed by atoms with Gasteiger partial charge in [0.05, 0.1) is 31.3 Å². The molecule has 2 aromatic heterocycles. The van der Waals surface area contributed by atoms with Crippen LogP contribution in [0.15, 0.2) is 51.6 Å². The summed E-state index contributed by atoms with van der Waals surface area (Å²) in [7, 11) is 3.35. The van der Waals surface area contributed by atoms with Crippen molar-refractivity contribution in [2.24, 2.45) is 0 Å². The van der Waals surface area contributed by atoms with Gasteiger partial charge in [-0.25, -0.2) is 0 Å². The molecule has 0 aliphatic carbocycles. The summed E-state index contributed by atoms with van der Waals surface area (Å²) >= 11 is 5.97. The van der Waals surface area contributed by atoms with E-state index in [-0.39, 0.29) is 12.5 Å². The van der Waals surface area contributed by atoms with Crippen molar-refractivity contribution in [2.75, 3.05) is 26.0 Å². The molecule has 8 heteroatoms. The lowest BCUT2D eigenvalue weighted by molar-refractivity contribution is -0.117. The molecular weight excluding hydrogens is 358 g/mol. The number of halogens is 1. The number of nitrogens with one attached hydrogen (secondary N) is 1. The molecule has 1 N–H and O–H groups in total. The average Bonchev–Trinajstić information content (AvgIpc) is 3.26. The molecule has 0 saturated carbocycles. The lowest BCUT2D eigenvalue weighted by atomic mass is 10.3. The molecule has 0 saturated heterocycles. The van der Waals surface area contributed by atoms with Gasteiger partial charge in [0, 0.05) is 17.6 Å². The minimum Gasteiger partial charge on any atom is -0.495 e. The van der Waals surface area contributed by atoms with Gasteiger partial charge in [0.15, 0.2) is 5.76 Å². The molecule has 3 aromatic rings. The highest BCUT2D eigenvalue weighted by molar-refractivity contribution is 6.31. The van der Waals surface area contributed by atoms with Crippen LogP contribution in [0.3, 0.4) is 0 Å². The number of aromatic nitrogens is 1. The molecule has 3 rings (SSSR count). The Bertz CT molecular complexity index is 876. The molecule has 0 bridgehead atoms. The van der Waals surface area contributed by atoms with Gasteiger partial charge >= 0.3 is 0 Å². The van der Waals surface area contributed by atoms with Gasteiger partial charge in [-0.2, -0.15) is 0 Å². The van der Waals surface area contributed by atoms with Crippen molar-refractivity contribution in [1.29, 1.82) is 0 Å². The molecule has 0 radical (unpaired) electrons. The number of benzene rings is 1. The summed E-state index contributed by atoms with van der Waals surface area (Å²) in [5, 5.41) is 7.31. The summed E-state index contributed by atoms with van der Waals surface area (Å²) in [6, 6.07) is 10.4. The number of carbonyl (C=O) groups excluding carboxylic acids is 1. The Morgan fingerprint density at radius 1 is 1.31 bits per heavy atom. The minimum absolute atomic E-state index is 0.165. The first kappa shape index (κ1) is 18.0. The van der Waals surface area contributed by atoms with Crippen LogP contribution in [0.25, 0.3) is 11.5 Å². The Morgan fingerprint density at radius 2 is 2.15 bits per heavy atom. The molecule has 1 amide bonds. The predicted octanol–water partition coefficient (Wildman–Crippen LogP) is 3.67. The molecule has 26 heavy (non-hydrogen) atoms. The van der Waals surface area contributed by atoms with Crippen LogP contribution in [-0.4, -0.2) is 36.7 Å². The highest BCUT2D eigenvalue weighted by atomic mass is 35.5. The van der Waals surface area contributed by atoms with Crippen molar-refractivity contribution < 1.29 is 18.5 Å². The quantitative estimate of drug-likeness (QED) is 0.678. The van der Waals surface area contributed by atoms with Crippen molar-refractivity contribution in [3.63, 3.8) is 0 Å². The first-order valence-corrected chi connectivity index (χ1v) is 8.24. The summed E-state index contributed by atoms with van der Waals surface area (Å²) in [6.07, 6.45) is 1.57. The molecular formula is C18H18ClN3O4. The van der Waals surface area contributed by atoms with E-state index >= 15 is 0 Å². The summed E-state index contributed by atoms with van der Waals surface area (Å²) in [5.41, 5.74) is 1.23. The molecule has 0 aliphatic rings. The third-order valence-electron chi connectivity index (χ3n) is 3.60. The highest BCUT2D eigenvalue weighted by Gasteiger charge is 2.14. The van der Waals surface area contributed by atoms with Crippen LogP contribution in [0, 0.1) is 0 Å². The first-order valence-electron chi connectivity index (χ1n) is 7.86. The van der Waals surface area contributed by atoms with E-state index in [1.807, 2.05) is 11.9 Å². The maximum atomic E-state index is 12.3. The molecule has 2 heterocycles. The number of rotatable bonds is 7. The van der Waals surface area contributed by atoms with E-state index in [0.29, 0.717) is 40.2 Å². The van der Waals surface area contributed by atoms with Crippen molar-refractivity contribution in [2.45, 2.75) is 6.54 Å². The van der Waals surface area contributed by atoms with Gasteiger partial charge in [0.1, 0.15) is 5.75 Å². The van der Waals surface area contributed by atoms with Gasteiger partial charge in [-0.3, -0.25) is 9.69 Å². The molecule has 0 fully saturated rings. The van der Waals surface area contributed by atoms with E-state index in [9.17, 15) is 4.79 Å². The lowest BCUT2D eigenvalue weighted by Gasteiger charge is -2.16. The van der Waals surface area contributed by atoms with E-state index < -0.39 is 0 Å². The monoisotopic (exact) mass is 375 g/mol. The van der Waals surface area contributed by atoms with Crippen LogP contribution in [0.4, 0.5) is 5.69 Å². The van der Waals surface area contributed by atoms with Crippen molar-refractivity contribution in [3.05, 3.63) is 53.4 Å². The van der Waals surface area contributed by atoms with Crippen LogP contribution in [0.5, 0.6) is 5.75 Å². The van der Waals surface area contributed by atoms with Crippen LogP contribution in [0.2, 0.25) is 5.02 Å². The number of carbonyl (C=O) groups is 1. The second-order valence-electron chi connectivity index (χ2n) is 5.72. The van der Waals surface area contributed by atoms with E-state index in [4.69, 9.17) is 25.3 Å². The fourth-order valence-corrected chi connectivity index (χ4v) is 2.64. The zero-order valence-electron chi connectivity index (χ0n) is 14.4. The van der Waals surface area contributed by atoms with E-state index in [0.717, 1.165) is 0 Å². The van der Waals surface area contributed by atoms with Gasteiger partial charge < -0.3 is 19.0 Å². The van der Waals surface area contributed by atoms with Crippen molar-refractivity contribution in [3.8, 4) is 17.3 Å². The normalized spacial score (nSPS) is 10.9. The number of ether oxygens (including phenoxy) is 1. The van der Waals surface area contributed by atoms with Crippen molar-refractivity contribution in [1.82, 2.24) is 10.1 Å². The Labute approximate surface area is 155 Å². The Hall–Kier alpha value is -2.77. The third-order valence-corrected chi connectivity index (χ3v) is 3.84. The lowest BCUT2D eigenvalue weighted by Crippen LogP contribution is -2.30. The number of anilines is 1. The molecule has 0 atom stereocenters. The number of likely N-dealkylation sites (N-methyl/N-ethyl adjacent to an activating group) is 1. The molecule has 1 aromatic carbocycles. The maximum Gasteiger partial charge on any atom is 0.238 e. The average molecular weight is 376 g/mol. The van der Waals surface area contributed by atoms with E-state index in [1.54, 1.807) is 42.7 Å². The largest absolute Gasteiger partial charge is 0.495 e. The summed E-state index contributed by atoms with van der Waals surface area (Å²) < 4.78 is 15.7. The van der Waals surface area contributed by atoms with Crippen LogP contribution in [-0.2, 0) is 11.3 Å². The smallest absolute Gasteiger partial charge is 0.238 e. The second-order valence-corrected chi connectivity index (χ2v) is 6.16. The maximum absolute atomic E-state index is 12.3. The van der Waals surface area contributed by atoms with Crippen LogP contribution >= 0.6 is 11.6 Å². The number of furan rings is 1. The second kappa shape index (κ2) is 8.07. The zero-order chi connectivity index (χ0) is 18.5. The Morgan fingerprint density at radius 3 is 2.88 bits per heavy atom. The van der Waals surface area contributed by atoms with E-state index in [1.165, 1.54) is 7.11 Å². The topological polar surface area (TPSA) is 80.7 Å². The summed E-state index contributed by atoms with van der Waals surface area (Å²) in [4.78, 5) is 14.1. The SMILES string of the molecule is COc1ccc(Cl)cc1NC(=O)CN(C)Cc1cc(-c2ccco2)on1. The number of methoxy groups -OCH3 is 1. The number of nitrogens with zero attached hydrogens (tertiary/aromatic N) is 2. The highest BCUT2D eigenvalue weighted by Crippen LogP contribution is 2.27. The Kier molecular flexibility index (Phi) is 5.60. The van der Waals surface area contributed by atoms with E-state index in [2.05, 4.69) is 10.5 Å². The fourth-order valence-electron chi connectivity index (χ4n) is 2.47. The predicted molar refractivity (Wildman–Crippen MR) is 97.2 cm³/mol. The molecule has 0 spiro atoms. The summed E-state index contributed by atoms with van der Waals surface area (Å²) in [6.45, 7) is 0.614. The minimum atomic E-state index is -0.192. The molecule has 0 aliphatic heterocycles. The van der Waals surface area contributed by atoms with Gasteiger partial charge in [-0.05, 0) is 37.4 Å². The van der Waals surface area contributed by atoms with Crippen LogP contribution < -0.4 is 10.1 Å². The molecule has 7 nitrogen and oxygen atoms in total. The van der Waals surface area contributed by atoms with Crippen LogP contribution in [0.1, 0.15) is 5.69 Å². The zero-order valence-corrected chi connectivity index (χ0v) is 15.1. The number of hydrogen-bond acceptors (Lipinski definition) is 6. The van der Waals surface area contributed by atoms with Gasteiger partial charge in [-0.15, -0.1) is 0 Å². The third kappa shape index (κ3) is 4.44. The molecule has 136 valence electrons. The Balaban J connectivity index is 1.57. The van der Waals surface area contributed by atoms with Gasteiger partial charge in [0.2, 0.25) is 11.7 Å².